The Balaban J connectivity index is 1.90. The van der Waals surface area contributed by atoms with Crippen molar-refractivity contribution >= 4 is 17.3 Å². The van der Waals surface area contributed by atoms with Gasteiger partial charge in [-0.05, 0) is 0 Å². The minimum atomic E-state index is -0.559. The van der Waals surface area contributed by atoms with Gasteiger partial charge in [-0.25, -0.2) is 0 Å². The molecule has 0 spiro atoms. The molecule has 1 aromatic carbocycles. The van der Waals surface area contributed by atoms with Crippen LogP contribution in [0, 0.1) is 16.0 Å². The molecule has 0 bridgehead atoms. The lowest BCUT2D eigenvalue weighted by Crippen LogP contribution is -2.48. The van der Waals surface area contributed by atoms with E-state index in [-0.39, 0.29) is 30.0 Å². The third-order valence-electron chi connectivity index (χ3n) is 3.10. The predicted molar refractivity (Wildman–Crippen MR) is 64.2 cm³/mol. The second-order valence-electron chi connectivity index (χ2n) is 4.32. The standard InChI is InChI=1S/C11H11N3O5/c15-11(6-3-12-4-6)13-7-1-9-10(19-5-18-9)2-8(7)14(16)17/h1-2,6,12H,3-5H2,(H,13,15). The Bertz CT molecular complexity index is 556. The van der Waals surface area contributed by atoms with E-state index < -0.39 is 4.92 Å². The third-order valence-corrected chi connectivity index (χ3v) is 3.10. The van der Waals surface area contributed by atoms with Gasteiger partial charge < -0.3 is 20.1 Å². The first-order valence-electron chi connectivity index (χ1n) is 5.75. The van der Waals surface area contributed by atoms with Crippen LogP contribution < -0.4 is 20.1 Å². The first-order chi connectivity index (χ1) is 9.15. The quantitative estimate of drug-likeness (QED) is 0.608. The van der Waals surface area contributed by atoms with Crippen molar-refractivity contribution in [3.63, 3.8) is 0 Å². The number of benzene rings is 1. The van der Waals surface area contributed by atoms with Crippen LogP contribution in [0.2, 0.25) is 0 Å². The normalized spacial score (nSPS) is 16.8. The number of carbonyl (C=O) groups is 1. The molecule has 100 valence electrons. The number of nitro groups is 1. The molecule has 2 aliphatic rings. The first-order valence-corrected chi connectivity index (χ1v) is 5.75. The van der Waals surface area contributed by atoms with Gasteiger partial charge in [0.05, 0.1) is 16.9 Å². The molecule has 0 radical (unpaired) electrons. The van der Waals surface area contributed by atoms with Gasteiger partial charge in [-0.1, -0.05) is 0 Å². The third kappa shape index (κ3) is 2.06. The molecule has 8 nitrogen and oxygen atoms in total. The van der Waals surface area contributed by atoms with Gasteiger partial charge in [0.1, 0.15) is 5.69 Å². The van der Waals surface area contributed by atoms with Crippen molar-refractivity contribution < 1.29 is 19.2 Å². The molecule has 0 aliphatic carbocycles. The SMILES string of the molecule is O=C(Nc1cc2c(cc1[N+](=O)[O-])OCO2)C1CNC1. The fourth-order valence-corrected chi connectivity index (χ4v) is 1.89. The van der Waals surface area contributed by atoms with Crippen LogP contribution in [0.25, 0.3) is 0 Å². The number of hydrogen-bond acceptors (Lipinski definition) is 6. The largest absolute Gasteiger partial charge is 0.454 e. The number of nitro benzene ring substituents is 1. The highest BCUT2D eigenvalue weighted by molar-refractivity contribution is 5.96. The van der Waals surface area contributed by atoms with Gasteiger partial charge in [-0.2, -0.15) is 0 Å². The lowest BCUT2D eigenvalue weighted by molar-refractivity contribution is -0.384. The van der Waals surface area contributed by atoms with E-state index >= 15 is 0 Å². The summed E-state index contributed by atoms with van der Waals surface area (Å²) in [4.78, 5) is 22.3. The molecule has 2 heterocycles. The van der Waals surface area contributed by atoms with E-state index in [4.69, 9.17) is 9.47 Å². The molecule has 19 heavy (non-hydrogen) atoms. The molecule has 0 aromatic heterocycles. The van der Waals surface area contributed by atoms with Gasteiger partial charge in [-0.15, -0.1) is 0 Å². The van der Waals surface area contributed by atoms with Gasteiger partial charge in [0.25, 0.3) is 5.69 Å². The molecule has 1 saturated heterocycles. The second-order valence-corrected chi connectivity index (χ2v) is 4.32. The molecule has 2 N–H and O–H groups in total. The van der Waals surface area contributed by atoms with E-state index in [1.54, 1.807) is 0 Å². The average molecular weight is 265 g/mol. The number of fused-ring (bicyclic) bond motifs is 1. The number of hydrogen-bond donors (Lipinski definition) is 2. The number of anilines is 1. The highest BCUT2D eigenvalue weighted by Crippen LogP contribution is 2.40. The predicted octanol–water partition coefficient (Wildman–Crippen LogP) is 0.481. The van der Waals surface area contributed by atoms with Crippen LogP contribution in [0.4, 0.5) is 11.4 Å². The summed E-state index contributed by atoms with van der Waals surface area (Å²) in [5, 5.41) is 16.5. The van der Waals surface area contributed by atoms with Crippen molar-refractivity contribution in [2.24, 2.45) is 5.92 Å². The molecule has 1 aromatic rings. The number of nitrogens with zero attached hydrogens (tertiary/aromatic N) is 1. The number of rotatable bonds is 3. The Hall–Kier alpha value is -2.35. The maximum absolute atomic E-state index is 11.8. The first kappa shape index (κ1) is 11.7. The number of nitrogens with one attached hydrogen (secondary N) is 2. The smallest absolute Gasteiger partial charge is 0.296 e. The molecule has 3 rings (SSSR count). The highest BCUT2D eigenvalue weighted by Gasteiger charge is 2.29. The van der Waals surface area contributed by atoms with Crippen molar-refractivity contribution in [2.75, 3.05) is 25.2 Å². The summed E-state index contributed by atoms with van der Waals surface area (Å²) in [6.45, 7) is 1.20. The summed E-state index contributed by atoms with van der Waals surface area (Å²) < 4.78 is 10.2. The fraction of sp³-hybridized carbons (Fsp3) is 0.364. The average Bonchev–Trinajstić information content (AvgIpc) is 2.72. The van der Waals surface area contributed by atoms with Crippen molar-refractivity contribution in [3.05, 3.63) is 22.2 Å². The van der Waals surface area contributed by atoms with E-state index in [2.05, 4.69) is 10.6 Å². The number of carbonyl (C=O) groups excluding carboxylic acids is 1. The van der Waals surface area contributed by atoms with Crippen molar-refractivity contribution in [1.29, 1.82) is 0 Å². The van der Waals surface area contributed by atoms with Crippen LogP contribution in [-0.2, 0) is 4.79 Å². The Kier molecular flexibility index (Phi) is 2.71. The van der Waals surface area contributed by atoms with Crippen LogP contribution >= 0.6 is 0 Å². The van der Waals surface area contributed by atoms with E-state index in [0.29, 0.717) is 24.6 Å². The van der Waals surface area contributed by atoms with Crippen molar-refractivity contribution in [1.82, 2.24) is 5.32 Å². The van der Waals surface area contributed by atoms with E-state index in [1.807, 2.05) is 0 Å². The summed E-state index contributed by atoms with van der Waals surface area (Å²) in [6.07, 6.45) is 0. The molecule has 0 unspecified atom stereocenters. The van der Waals surface area contributed by atoms with Crippen molar-refractivity contribution in [2.45, 2.75) is 0 Å². The van der Waals surface area contributed by atoms with Crippen molar-refractivity contribution in [3.8, 4) is 11.5 Å². The van der Waals surface area contributed by atoms with E-state index in [1.165, 1.54) is 12.1 Å². The Labute approximate surface area is 107 Å². The van der Waals surface area contributed by atoms with Gasteiger partial charge >= 0.3 is 0 Å². The van der Waals surface area contributed by atoms with Crippen LogP contribution in [0.1, 0.15) is 0 Å². The van der Waals surface area contributed by atoms with Crippen LogP contribution in [0.3, 0.4) is 0 Å². The zero-order chi connectivity index (χ0) is 13.4. The minimum Gasteiger partial charge on any atom is -0.454 e. The lowest BCUT2D eigenvalue weighted by atomic mass is 10.0. The minimum absolute atomic E-state index is 0.0242. The summed E-state index contributed by atoms with van der Waals surface area (Å²) in [6, 6.07) is 2.68. The summed E-state index contributed by atoms with van der Waals surface area (Å²) >= 11 is 0. The maximum atomic E-state index is 11.8. The van der Waals surface area contributed by atoms with Gasteiger partial charge in [-0.3, -0.25) is 14.9 Å². The molecule has 0 saturated carbocycles. The maximum Gasteiger partial charge on any atom is 0.296 e. The zero-order valence-electron chi connectivity index (χ0n) is 9.84. The van der Waals surface area contributed by atoms with Crippen LogP contribution in [0.5, 0.6) is 11.5 Å². The summed E-state index contributed by atoms with van der Waals surface area (Å²) in [5.74, 6) is 0.327. The van der Waals surface area contributed by atoms with Crippen LogP contribution in [0.15, 0.2) is 12.1 Å². The van der Waals surface area contributed by atoms with Gasteiger partial charge in [0.15, 0.2) is 11.5 Å². The number of ether oxygens (including phenoxy) is 2. The zero-order valence-corrected chi connectivity index (χ0v) is 9.84. The Morgan fingerprint density at radius 2 is 2.05 bits per heavy atom. The topological polar surface area (TPSA) is 103 Å². The summed E-state index contributed by atoms with van der Waals surface area (Å²) in [5.41, 5.74) is -0.0731. The second kappa shape index (κ2) is 4.39. The van der Waals surface area contributed by atoms with Crippen LogP contribution in [-0.4, -0.2) is 30.7 Å². The molecule has 0 atom stereocenters. The Morgan fingerprint density at radius 1 is 1.37 bits per heavy atom. The lowest BCUT2D eigenvalue weighted by Gasteiger charge is -2.25. The fourth-order valence-electron chi connectivity index (χ4n) is 1.89. The molecule has 1 amide bonds. The Morgan fingerprint density at radius 3 is 2.63 bits per heavy atom. The summed E-state index contributed by atoms with van der Waals surface area (Å²) in [7, 11) is 0. The van der Waals surface area contributed by atoms with Gasteiger partial charge in [0, 0.05) is 19.2 Å². The molecule has 2 aliphatic heterocycles. The monoisotopic (exact) mass is 265 g/mol. The van der Waals surface area contributed by atoms with E-state index in [0.717, 1.165) is 0 Å². The number of amides is 1. The van der Waals surface area contributed by atoms with Gasteiger partial charge in [0.2, 0.25) is 12.7 Å². The van der Waals surface area contributed by atoms with E-state index in [9.17, 15) is 14.9 Å². The molecular formula is C11H11N3O5. The molecule has 8 heteroatoms. The highest BCUT2D eigenvalue weighted by atomic mass is 16.7. The molecular weight excluding hydrogens is 254 g/mol. The molecule has 1 fully saturated rings.